The van der Waals surface area contributed by atoms with Crippen molar-refractivity contribution in [1.82, 2.24) is 0 Å². The van der Waals surface area contributed by atoms with Gasteiger partial charge in [0.2, 0.25) is 0 Å². The Balaban J connectivity index is 2.57. The number of esters is 1. The van der Waals surface area contributed by atoms with Crippen LogP contribution >= 0.6 is 0 Å². The first kappa shape index (κ1) is 11.4. The van der Waals surface area contributed by atoms with Gasteiger partial charge in [0.25, 0.3) is 0 Å². The summed E-state index contributed by atoms with van der Waals surface area (Å²) < 4.78 is 17.4. The van der Waals surface area contributed by atoms with Gasteiger partial charge in [0.15, 0.2) is 0 Å². The Hall–Kier alpha value is -1.64. The van der Waals surface area contributed by atoms with Crippen LogP contribution in [0.15, 0.2) is 30.3 Å². The van der Waals surface area contributed by atoms with E-state index < -0.39 is 5.97 Å². The van der Waals surface area contributed by atoms with E-state index in [1.165, 1.54) is 18.2 Å². The smallest absolute Gasteiger partial charge is 0.331 e. The summed E-state index contributed by atoms with van der Waals surface area (Å²) in [6.07, 6.45) is 2.78. The third kappa shape index (κ3) is 4.40. The van der Waals surface area contributed by atoms with Crippen LogP contribution in [0.5, 0.6) is 0 Å². The summed E-state index contributed by atoms with van der Waals surface area (Å²) in [6.45, 7) is 3.56. The molecule has 0 amide bonds. The molecule has 0 N–H and O–H groups in total. The monoisotopic (exact) mass is 208 g/mol. The molecule has 15 heavy (non-hydrogen) atoms. The lowest BCUT2D eigenvalue weighted by atomic mass is 10.2. The maximum Gasteiger partial charge on any atom is 0.331 e. The van der Waals surface area contributed by atoms with Crippen molar-refractivity contribution in [3.05, 3.63) is 41.7 Å². The van der Waals surface area contributed by atoms with E-state index >= 15 is 0 Å². The van der Waals surface area contributed by atoms with Crippen molar-refractivity contribution in [1.29, 1.82) is 0 Å². The molecule has 0 fully saturated rings. The number of ether oxygens (including phenoxy) is 1. The molecule has 0 saturated carbocycles. The molecule has 0 radical (unpaired) electrons. The van der Waals surface area contributed by atoms with Gasteiger partial charge in [-0.25, -0.2) is 9.18 Å². The van der Waals surface area contributed by atoms with E-state index in [1.54, 1.807) is 32.1 Å². The van der Waals surface area contributed by atoms with Gasteiger partial charge in [-0.15, -0.1) is 0 Å². The minimum absolute atomic E-state index is 0.129. The Bertz CT molecular complexity index is 352. The van der Waals surface area contributed by atoms with Gasteiger partial charge in [0.1, 0.15) is 5.82 Å². The molecule has 0 atom stereocenters. The van der Waals surface area contributed by atoms with Crippen LogP contribution < -0.4 is 0 Å². The molecule has 1 aromatic rings. The molecule has 80 valence electrons. The second-order valence-corrected chi connectivity index (χ2v) is 3.37. The number of carbonyl (C=O) groups excluding carboxylic acids is 1. The molecule has 0 unspecified atom stereocenters. The van der Waals surface area contributed by atoms with E-state index in [2.05, 4.69) is 0 Å². The van der Waals surface area contributed by atoms with Crippen LogP contribution in [0.3, 0.4) is 0 Å². The van der Waals surface area contributed by atoms with E-state index in [4.69, 9.17) is 4.74 Å². The van der Waals surface area contributed by atoms with Gasteiger partial charge in [-0.3, -0.25) is 0 Å². The average molecular weight is 208 g/mol. The van der Waals surface area contributed by atoms with Crippen molar-refractivity contribution < 1.29 is 13.9 Å². The van der Waals surface area contributed by atoms with Crippen LogP contribution in [0.4, 0.5) is 4.39 Å². The summed E-state index contributed by atoms with van der Waals surface area (Å²) in [5.74, 6) is -0.689. The van der Waals surface area contributed by atoms with Gasteiger partial charge >= 0.3 is 5.97 Å². The van der Waals surface area contributed by atoms with Crippen LogP contribution in [0.2, 0.25) is 0 Å². The van der Waals surface area contributed by atoms with Crippen molar-refractivity contribution in [2.45, 2.75) is 20.0 Å². The van der Waals surface area contributed by atoms with Gasteiger partial charge in [-0.05, 0) is 37.6 Å². The third-order valence-electron chi connectivity index (χ3n) is 1.63. The SMILES string of the molecule is CC(C)OC(=O)C=Cc1ccc(F)cc1. The Kier molecular flexibility index (Phi) is 4.03. The highest BCUT2D eigenvalue weighted by molar-refractivity contribution is 5.87. The zero-order chi connectivity index (χ0) is 11.3. The molecule has 0 heterocycles. The van der Waals surface area contributed by atoms with Crippen molar-refractivity contribution in [2.75, 3.05) is 0 Å². The molecule has 0 aliphatic heterocycles. The number of carbonyl (C=O) groups is 1. The number of rotatable bonds is 3. The highest BCUT2D eigenvalue weighted by Gasteiger charge is 1.99. The fourth-order valence-corrected chi connectivity index (χ4v) is 1.01. The van der Waals surface area contributed by atoms with E-state index in [9.17, 15) is 9.18 Å². The quantitative estimate of drug-likeness (QED) is 0.564. The maximum absolute atomic E-state index is 12.5. The Morgan fingerprint density at radius 1 is 1.33 bits per heavy atom. The zero-order valence-electron chi connectivity index (χ0n) is 8.74. The molecule has 2 nitrogen and oxygen atoms in total. The second kappa shape index (κ2) is 5.29. The minimum atomic E-state index is -0.394. The molecule has 0 aliphatic carbocycles. The van der Waals surface area contributed by atoms with Crippen LogP contribution in [0.25, 0.3) is 6.08 Å². The van der Waals surface area contributed by atoms with Crippen molar-refractivity contribution in [2.24, 2.45) is 0 Å². The lowest BCUT2D eigenvalue weighted by Gasteiger charge is -2.03. The predicted octanol–water partition coefficient (Wildman–Crippen LogP) is 2.79. The Morgan fingerprint density at radius 3 is 2.47 bits per heavy atom. The molecule has 0 aliphatic rings. The summed E-state index contributed by atoms with van der Waals surface area (Å²) >= 11 is 0. The first-order chi connectivity index (χ1) is 7.08. The van der Waals surface area contributed by atoms with Gasteiger partial charge in [-0.2, -0.15) is 0 Å². The lowest BCUT2D eigenvalue weighted by Crippen LogP contribution is -2.08. The summed E-state index contributed by atoms with van der Waals surface area (Å²) in [5.41, 5.74) is 0.761. The normalized spacial score (nSPS) is 10.9. The van der Waals surface area contributed by atoms with Crippen molar-refractivity contribution in [3.63, 3.8) is 0 Å². The molecule has 1 aromatic carbocycles. The molecule has 0 bridgehead atoms. The molecular weight excluding hydrogens is 195 g/mol. The molecular formula is C12H13FO2. The van der Waals surface area contributed by atoms with E-state index in [0.717, 1.165) is 5.56 Å². The second-order valence-electron chi connectivity index (χ2n) is 3.37. The standard InChI is InChI=1S/C12H13FO2/c1-9(2)15-12(14)8-5-10-3-6-11(13)7-4-10/h3-9H,1-2H3. The minimum Gasteiger partial charge on any atom is -0.460 e. The van der Waals surface area contributed by atoms with Crippen LogP contribution in [-0.2, 0) is 9.53 Å². The van der Waals surface area contributed by atoms with E-state index in [-0.39, 0.29) is 11.9 Å². The molecule has 0 saturated heterocycles. The van der Waals surface area contributed by atoms with E-state index in [1.807, 2.05) is 0 Å². The van der Waals surface area contributed by atoms with Gasteiger partial charge < -0.3 is 4.74 Å². The highest BCUT2D eigenvalue weighted by atomic mass is 19.1. The fraction of sp³-hybridized carbons (Fsp3) is 0.250. The zero-order valence-corrected chi connectivity index (χ0v) is 8.74. The Labute approximate surface area is 88.4 Å². The number of hydrogen-bond acceptors (Lipinski definition) is 2. The largest absolute Gasteiger partial charge is 0.460 e. The van der Waals surface area contributed by atoms with E-state index in [0.29, 0.717) is 0 Å². The van der Waals surface area contributed by atoms with Gasteiger partial charge in [0, 0.05) is 6.08 Å². The summed E-state index contributed by atoms with van der Waals surface area (Å²) in [5, 5.41) is 0. The molecule has 0 spiro atoms. The maximum atomic E-state index is 12.5. The topological polar surface area (TPSA) is 26.3 Å². The molecule has 1 rings (SSSR count). The first-order valence-corrected chi connectivity index (χ1v) is 4.72. The summed E-state index contributed by atoms with van der Waals surface area (Å²) in [6, 6.07) is 5.86. The summed E-state index contributed by atoms with van der Waals surface area (Å²) in [7, 11) is 0. The number of benzene rings is 1. The van der Waals surface area contributed by atoms with Gasteiger partial charge in [-0.1, -0.05) is 12.1 Å². The van der Waals surface area contributed by atoms with Crippen LogP contribution in [-0.4, -0.2) is 12.1 Å². The first-order valence-electron chi connectivity index (χ1n) is 4.72. The van der Waals surface area contributed by atoms with Gasteiger partial charge in [0.05, 0.1) is 6.10 Å². The third-order valence-corrected chi connectivity index (χ3v) is 1.63. The highest BCUT2D eigenvalue weighted by Crippen LogP contribution is 2.04. The lowest BCUT2D eigenvalue weighted by molar-refractivity contribution is -0.141. The fourth-order valence-electron chi connectivity index (χ4n) is 1.01. The summed E-state index contributed by atoms with van der Waals surface area (Å²) in [4.78, 5) is 11.1. The number of halogens is 1. The molecule has 3 heteroatoms. The Morgan fingerprint density at radius 2 is 1.93 bits per heavy atom. The van der Waals surface area contributed by atoms with Crippen LogP contribution in [0, 0.1) is 5.82 Å². The van der Waals surface area contributed by atoms with Crippen LogP contribution in [0.1, 0.15) is 19.4 Å². The predicted molar refractivity (Wildman–Crippen MR) is 56.7 cm³/mol. The van der Waals surface area contributed by atoms with Crippen molar-refractivity contribution >= 4 is 12.0 Å². The number of hydrogen-bond donors (Lipinski definition) is 0. The molecule has 0 aromatic heterocycles. The average Bonchev–Trinajstić information content (AvgIpc) is 2.16. The van der Waals surface area contributed by atoms with Crippen molar-refractivity contribution in [3.8, 4) is 0 Å².